The zero-order valence-electron chi connectivity index (χ0n) is 15.1. The first-order valence-electron chi connectivity index (χ1n) is 9.14. The fraction of sp³-hybridized carbons (Fsp3) is 0.500. The third-order valence-corrected chi connectivity index (χ3v) is 6.63. The molecule has 0 unspecified atom stereocenters. The summed E-state index contributed by atoms with van der Waals surface area (Å²) in [5, 5.41) is 0. The molecule has 1 aromatic rings. The molecule has 2 bridgehead atoms. The number of fused-ring (bicyclic) bond motifs is 1. The van der Waals surface area contributed by atoms with Gasteiger partial charge in [-0.15, -0.1) is 11.8 Å². The van der Waals surface area contributed by atoms with Gasteiger partial charge in [0.05, 0.1) is 24.5 Å². The monoisotopic (exact) mass is 372 g/mol. The van der Waals surface area contributed by atoms with Crippen molar-refractivity contribution in [2.45, 2.75) is 23.5 Å². The van der Waals surface area contributed by atoms with Crippen molar-refractivity contribution < 1.29 is 14.3 Å². The fourth-order valence-electron chi connectivity index (χ4n) is 4.40. The summed E-state index contributed by atoms with van der Waals surface area (Å²) in [5.74, 6) is 0.155. The number of likely N-dealkylation sites (tertiary alicyclic amines) is 1. The summed E-state index contributed by atoms with van der Waals surface area (Å²) >= 11 is 1.74. The Labute approximate surface area is 158 Å². The molecule has 2 fully saturated rings. The maximum Gasteiger partial charge on any atom is 0.229 e. The zero-order valence-corrected chi connectivity index (χ0v) is 15.9. The van der Waals surface area contributed by atoms with E-state index in [-0.39, 0.29) is 29.8 Å². The minimum atomic E-state index is -0.588. The number of benzene rings is 1. The average Bonchev–Trinajstić information content (AvgIpc) is 3.27. The molecule has 3 aliphatic heterocycles. The summed E-state index contributed by atoms with van der Waals surface area (Å²) in [6.45, 7) is 3.85. The van der Waals surface area contributed by atoms with E-state index < -0.39 is 5.60 Å². The van der Waals surface area contributed by atoms with Gasteiger partial charge in [0.25, 0.3) is 0 Å². The molecule has 3 aliphatic rings. The Morgan fingerprint density at radius 2 is 2.15 bits per heavy atom. The van der Waals surface area contributed by atoms with E-state index in [1.807, 2.05) is 42.2 Å². The Hall–Kier alpha value is -1.79. The molecule has 4 atom stereocenters. The van der Waals surface area contributed by atoms with Crippen LogP contribution < -0.4 is 0 Å². The molecule has 0 aromatic heterocycles. The van der Waals surface area contributed by atoms with Gasteiger partial charge in [-0.3, -0.25) is 9.59 Å². The van der Waals surface area contributed by atoms with E-state index in [2.05, 4.69) is 12.1 Å². The van der Waals surface area contributed by atoms with Crippen molar-refractivity contribution in [1.29, 1.82) is 0 Å². The van der Waals surface area contributed by atoms with Gasteiger partial charge >= 0.3 is 0 Å². The number of hydrogen-bond donors (Lipinski definition) is 0. The second kappa shape index (κ2) is 6.74. The summed E-state index contributed by atoms with van der Waals surface area (Å²) in [5.41, 5.74) is -0.588. The number of amides is 2. The molecule has 4 rings (SSSR count). The lowest BCUT2D eigenvalue weighted by molar-refractivity contribution is -0.142. The quantitative estimate of drug-likeness (QED) is 0.566. The van der Waals surface area contributed by atoms with Crippen LogP contribution in [-0.2, 0) is 14.3 Å². The van der Waals surface area contributed by atoms with Crippen molar-refractivity contribution in [3.05, 3.63) is 42.5 Å². The number of likely N-dealkylation sites (N-methyl/N-ethyl adjacent to an activating group) is 1. The summed E-state index contributed by atoms with van der Waals surface area (Å²) in [6.07, 6.45) is 3.70. The summed E-state index contributed by atoms with van der Waals surface area (Å²) in [6, 6.07) is 10.2. The third kappa shape index (κ3) is 2.76. The first-order valence-corrected chi connectivity index (χ1v) is 10.1. The second-order valence-corrected chi connectivity index (χ2v) is 8.34. The molecule has 0 radical (unpaired) electrons. The van der Waals surface area contributed by atoms with Gasteiger partial charge in [-0.1, -0.05) is 30.4 Å². The molecule has 138 valence electrons. The van der Waals surface area contributed by atoms with Crippen LogP contribution in [0.2, 0.25) is 0 Å². The van der Waals surface area contributed by atoms with Crippen molar-refractivity contribution in [3.63, 3.8) is 0 Å². The van der Waals surface area contributed by atoms with Crippen LogP contribution in [0.15, 0.2) is 47.4 Å². The Morgan fingerprint density at radius 3 is 2.88 bits per heavy atom. The summed E-state index contributed by atoms with van der Waals surface area (Å²) in [4.78, 5) is 30.6. The van der Waals surface area contributed by atoms with Gasteiger partial charge in [0.1, 0.15) is 5.60 Å². The second-order valence-electron chi connectivity index (χ2n) is 7.17. The standard InChI is InChI=1S/C20H24N2O3S/c1-3-22(11-12-26-14-7-5-4-6-8-14)18(23)16-15-9-10-20(25-15)13-21(2)19(24)17(16)20/h4-10,15-17H,3,11-13H2,1-2H3/t15-,16-,17+,20-/m1/s1. The SMILES string of the molecule is CCN(CCSc1ccccc1)C(=O)[C@H]1[C@H]2C(=O)N(C)C[C@]23C=C[C@H]1O3. The maximum atomic E-state index is 13.2. The first kappa shape index (κ1) is 17.6. The Bertz CT molecular complexity index is 738. The number of hydrogen-bond acceptors (Lipinski definition) is 4. The third-order valence-electron chi connectivity index (χ3n) is 5.64. The van der Waals surface area contributed by atoms with Crippen LogP contribution in [0.3, 0.4) is 0 Å². The molecule has 0 N–H and O–H groups in total. The number of carbonyl (C=O) groups excluding carboxylic acids is 2. The zero-order chi connectivity index (χ0) is 18.3. The van der Waals surface area contributed by atoms with Gasteiger partial charge in [0.15, 0.2) is 0 Å². The lowest BCUT2D eigenvalue weighted by Crippen LogP contribution is -2.46. The first-order chi connectivity index (χ1) is 12.6. The van der Waals surface area contributed by atoms with Gasteiger partial charge in [-0.2, -0.15) is 0 Å². The highest BCUT2D eigenvalue weighted by Crippen LogP contribution is 2.51. The Morgan fingerprint density at radius 1 is 1.38 bits per heavy atom. The van der Waals surface area contributed by atoms with Gasteiger partial charge in [-0.25, -0.2) is 0 Å². The van der Waals surface area contributed by atoms with Crippen LogP contribution in [-0.4, -0.2) is 65.8 Å². The molecule has 6 heteroatoms. The van der Waals surface area contributed by atoms with E-state index in [0.29, 0.717) is 19.6 Å². The van der Waals surface area contributed by atoms with Crippen LogP contribution in [0.4, 0.5) is 0 Å². The van der Waals surface area contributed by atoms with E-state index >= 15 is 0 Å². The molecule has 1 aromatic carbocycles. The van der Waals surface area contributed by atoms with Crippen LogP contribution in [0.1, 0.15) is 6.92 Å². The lowest BCUT2D eigenvalue weighted by Gasteiger charge is -2.29. The fourth-order valence-corrected chi connectivity index (χ4v) is 5.30. The summed E-state index contributed by atoms with van der Waals surface area (Å²) in [7, 11) is 1.79. The molecule has 2 saturated heterocycles. The minimum Gasteiger partial charge on any atom is -0.360 e. The Balaban J connectivity index is 1.44. The van der Waals surface area contributed by atoms with Crippen molar-refractivity contribution in [2.75, 3.05) is 32.4 Å². The van der Waals surface area contributed by atoms with Crippen molar-refractivity contribution >= 4 is 23.6 Å². The Kier molecular flexibility index (Phi) is 4.57. The van der Waals surface area contributed by atoms with Crippen LogP contribution >= 0.6 is 11.8 Å². The molecule has 26 heavy (non-hydrogen) atoms. The minimum absolute atomic E-state index is 0.0323. The van der Waals surface area contributed by atoms with Crippen molar-refractivity contribution in [1.82, 2.24) is 9.80 Å². The van der Waals surface area contributed by atoms with Gasteiger partial charge in [-0.05, 0) is 19.1 Å². The number of thioether (sulfide) groups is 1. The van der Waals surface area contributed by atoms with Gasteiger partial charge in [0.2, 0.25) is 11.8 Å². The number of rotatable bonds is 6. The maximum absolute atomic E-state index is 13.2. The van der Waals surface area contributed by atoms with Crippen molar-refractivity contribution in [2.24, 2.45) is 11.8 Å². The highest BCUT2D eigenvalue weighted by molar-refractivity contribution is 7.99. The predicted octanol–water partition coefficient (Wildman–Crippen LogP) is 2.04. The highest BCUT2D eigenvalue weighted by Gasteiger charge is 2.66. The lowest BCUT2D eigenvalue weighted by atomic mass is 9.76. The highest BCUT2D eigenvalue weighted by atomic mass is 32.2. The van der Waals surface area contributed by atoms with Gasteiger partial charge in [0, 0.05) is 30.8 Å². The van der Waals surface area contributed by atoms with Crippen molar-refractivity contribution in [3.8, 4) is 0 Å². The molecule has 1 spiro atoms. The average molecular weight is 372 g/mol. The molecule has 3 heterocycles. The largest absolute Gasteiger partial charge is 0.360 e. The molecular weight excluding hydrogens is 348 g/mol. The normalized spacial score (nSPS) is 31.5. The summed E-state index contributed by atoms with van der Waals surface area (Å²) < 4.78 is 6.10. The van der Waals surface area contributed by atoms with Crippen LogP contribution in [0.5, 0.6) is 0 Å². The molecular formula is C20H24N2O3S. The number of carbonyl (C=O) groups is 2. The van der Waals surface area contributed by atoms with E-state index in [1.165, 1.54) is 4.90 Å². The van der Waals surface area contributed by atoms with E-state index in [0.717, 1.165) is 5.75 Å². The van der Waals surface area contributed by atoms with E-state index in [1.54, 1.807) is 23.7 Å². The number of ether oxygens (including phenoxy) is 1. The molecule has 0 aliphatic carbocycles. The van der Waals surface area contributed by atoms with Crippen LogP contribution in [0, 0.1) is 11.8 Å². The van der Waals surface area contributed by atoms with E-state index in [9.17, 15) is 9.59 Å². The smallest absolute Gasteiger partial charge is 0.229 e. The number of nitrogens with zero attached hydrogens (tertiary/aromatic N) is 2. The van der Waals surface area contributed by atoms with Crippen LogP contribution in [0.25, 0.3) is 0 Å². The molecule has 0 saturated carbocycles. The molecule has 2 amide bonds. The topological polar surface area (TPSA) is 49.9 Å². The van der Waals surface area contributed by atoms with E-state index in [4.69, 9.17) is 4.74 Å². The van der Waals surface area contributed by atoms with Gasteiger partial charge < -0.3 is 14.5 Å². The molecule has 5 nitrogen and oxygen atoms in total. The predicted molar refractivity (Wildman–Crippen MR) is 101 cm³/mol.